The third-order valence-corrected chi connectivity index (χ3v) is 3.98. The fourth-order valence-electron chi connectivity index (χ4n) is 2.78. The third-order valence-electron chi connectivity index (χ3n) is 3.98. The van der Waals surface area contributed by atoms with Gasteiger partial charge in [0, 0.05) is 25.5 Å². The van der Waals surface area contributed by atoms with Crippen molar-refractivity contribution in [2.75, 3.05) is 13.7 Å². The molecule has 1 atom stereocenters. The minimum atomic E-state index is 0.0402. The molecule has 2 heterocycles. The lowest BCUT2D eigenvalue weighted by molar-refractivity contribution is -0.132. The van der Waals surface area contributed by atoms with Crippen LogP contribution in [0.15, 0.2) is 48.7 Å². The number of fused-ring (bicyclic) bond motifs is 1. The van der Waals surface area contributed by atoms with E-state index < -0.39 is 0 Å². The van der Waals surface area contributed by atoms with Gasteiger partial charge < -0.3 is 14.2 Å². The zero-order valence-electron chi connectivity index (χ0n) is 12.2. The molecule has 0 saturated carbocycles. The van der Waals surface area contributed by atoms with Gasteiger partial charge in [0.15, 0.2) is 0 Å². The van der Waals surface area contributed by atoms with Crippen molar-refractivity contribution in [1.29, 1.82) is 0 Å². The van der Waals surface area contributed by atoms with Crippen molar-refractivity contribution >= 4 is 5.91 Å². The van der Waals surface area contributed by atoms with Crippen LogP contribution in [0.4, 0.5) is 0 Å². The Labute approximate surface area is 124 Å². The van der Waals surface area contributed by atoms with E-state index in [1.54, 1.807) is 7.11 Å². The molecule has 0 unspecified atom stereocenters. The summed E-state index contributed by atoms with van der Waals surface area (Å²) in [7, 11) is 1.71. The van der Waals surface area contributed by atoms with Crippen molar-refractivity contribution in [2.24, 2.45) is 0 Å². The van der Waals surface area contributed by atoms with Crippen LogP contribution < -0.4 is 0 Å². The number of nitrogens with zero attached hydrogens (tertiary/aromatic N) is 2. The highest BCUT2D eigenvalue weighted by Gasteiger charge is 2.24. The molecular formula is C17H20N2O2. The minimum Gasteiger partial charge on any atom is -0.378 e. The van der Waals surface area contributed by atoms with Crippen molar-refractivity contribution in [1.82, 2.24) is 9.47 Å². The number of carbonyl (C=O) groups excluding carboxylic acids is 1. The second-order valence-corrected chi connectivity index (χ2v) is 5.45. The summed E-state index contributed by atoms with van der Waals surface area (Å²) in [5.41, 5.74) is 2.21. The molecule has 0 bridgehead atoms. The minimum absolute atomic E-state index is 0.0402. The molecule has 0 aliphatic carbocycles. The van der Waals surface area contributed by atoms with Gasteiger partial charge in [0.05, 0.1) is 25.6 Å². The summed E-state index contributed by atoms with van der Waals surface area (Å²) >= 11 is 0. The lowest BCUT2D eigenvalue weighted by Gasteiger charge is -2.23. The number of hydrogen-bond acceptors (Lipinski definition) is 2. The average Bonchev–Trinajstić information content (AvgIpc) is 2.85. The summed E-state index contributed by atoms with van der Waals surface area (Å²) in [6.45, 7) is 2.09. The van der Waals surface area contributed by atoms with Crippen LogP contribution in [0, 0.1) is 0 Å². The zero-order valence-corrected chi connectivity index (χ0v) is 12.2. The van der Waals surface area contributed by atoms with Crippen molar-refractivity contribution in [3.8, 4) is 0 Å². The molecule has 3 rings (SSSR count). The van der Waals surface area contributed by atoms with Crippen LogP contribution in [0.1, 0.15) is 11.3 Å². The molecule has 0 spiro atoms. The SMILES string of the molecule is CO[C@H]1CN(C(=O)Cc2ccccc2)Cc2cccn2C1. The molecule has 1 aliphatic rings. The van der Waals surface area contributed by atoms with E-state index in [0.717, 1.165) is 17.8 Å². The number of benzene rings is 1. The predicted molar refractivity (Wildman–Crippen MR) is 80.8 cm³/mol. The van der Waals surface area contributed by atoms with E-state index in [2.05, 4.69) is 10.6 Å². The van der Waals surface area contributed by atoms with Crippen LogP contribution in [0.5, 0.6) is 0 Å². The third kappa shape index (κ3) is 3.16. The van der Waals surface area contributed by atoms with Crippen molar-refractivity contribution in [3.05, 3.63) is 59.9 Å². The Morgan fingerprint density at radius 3 is 2.76 bits per heavy atom. The number of aromatic nitrogens is 1. The monoisotopic (exact) mass is 284 g/mol. The van der Waals surface area contributed by atoms with Gasteiger partial charge in [-0.25, -0.2) is 0 Å². The van der Waals surface area contributed by atoms with Gasteiger partial charge >= 0.3 is 0 Å². The molecule has 110 valence electrons. The lowest BCUT2D eigenvalue weighted by atomic mass is 10.1. The standard InChI is InChI=1S/C17H20N2O2/c1-21-16-12-18-9-5-8-15(18)11-19(13-16)17(20)10-14-6-3-2-4-7-14/h2-9,16H,10-13H2,1H3/t16-/m1/s1. The van der Waals surface area contributed by atoms with Crippen LogP contribution in [0.25, 0.3) is 0 Å². The van der Waals surface area contributed by atoms with E-state index >= 15 is 0 Å². The Hall–Kier alpha value is -2.07. The molecule has 4 nitrogen and oxygen atoms in total. The lowest BCUT2D eigenvalue weighted by Crippen LogP contribution is -2.37. The van der Waals surface area contributed by atoms with E-state index in [0.29, 0.717) is 19.5 Å². The Morgan fingerprint density at radius 1 is 1.19 bits per heavy atom. The van der Waals surface area contributed by atoms with Crippen LogP contribution >= 0.6 is 0 Å². The van der Waals surface area contributed by atoms with Gasteiger partial charge in [-0.1, -0.05) is 30.3 Å². The molecule has 4 heteroatoms. The van der Waals surface area contributed by atoms with Gasteiger partial charge in [0.25, 0.3) is 0 Å². The maximum absolute atomic E-state index is 12.6. The van der Waals surface area contributed by atoms with Gasteiger partial charge in [-0.2, -0.15) is 0 Å². The van der Waals surface area contributed by atoms with E-state index in [1.165, 1.54) is 0 Å². The largest absolute Gasteiger partial charge is 0.378 e. The summed E-state index contributed by atoms with van der Waals surface area (Å²) in [5, 5.41) is 0. The van der Waals surface area contributed by atoms with E-state index in [4.69, 9.17) is 4.74 Å². The first kappa shape index (κ1) is 13.9. The first-order chi connectivity index (χ1) is 10.3. The van der Waals surface area contributed by atoms with E-state index in [-0.39, 0.29) is 12.0 Å². The van der Waals surface area contributed by atoms with Gasteiger partial charge in [-0.15, -0.1) is 0 Å². The Morgan fingerprint density at radius 2 is 2.00 bits per heavy atom. The van der Waals surface area contributed by atoms with Crippen LogP contribution in [0.3, 0.4) is 0 Å². The quantitative estimate of drug-likeness (QED) is 0.865. The highest BCUT2D eigenvalue weighted by atomic mass is 16.5. The highest BCUT2D eigenvalue weighted by Crippen LogP contribution is 2.16. The summed E-state index contributed by atoms with van der Waals surface area (Å²) in [6, 6.07) is 14.0. The number of amides is 1. The Balaban J connectivity index is 1.76. The molecule has 1 aliphatic heterocycles. The molecule has 21 heavy (non-hydrogen) atoms. The molecule has 0 radical (unpaired) electrons. The first-order valence-electron chi connectivity index (χ1n) is 7.25. The molecule has 1 amide bonds. The van der Waals surface area contributed by atoms with Crippen LogP contribution in [0.2, 0.25) is 0 Å². The number of carbonyl (C=O) groups is 1. The molecule has 1 aromatic heterocycles. The summed E-state index contributed by atoms with van der Waals surface area (Å²) < 4.78 is 7.68. The van der Waals surface area contributed by atoms with E-state index in [1.807, 2.05) is 47.5 Å². The molecule has 0 N–H and O–H groups in total. The molecular weight excluding hydrogens is 264 g/mol. The molecule has 1 aromatic carbocycles. The molecule has 2 aromatic rings. The van der Waals surface area contributed by atoms with Crippen molar-refractivity contribution < 1.29 is 9.53 Å². The fraction of sp³-hybridized carbons (Fsp3) is 0.353. The Kier molecular flexibility index (Phi) is 4.06. The summed E-state index contributed by atoms with van der Waals surface area (Å²) in [5.74, 6) is 0.151. The summed E-state index contributed by atoms with van der Waals surface area (Å²) in [6.07, 6.45) is 2.53. The average molecular weight is 284 g/mol. The number of ether oxygens (including phenoxy) is 1. The fourth-order valence-corrected chi connectivity index (χ4v) is 2.78. The Bertz CT molecular complexity index is 606. The van der Waals surface area contributed by atoms with Gasteiger partial charge in [0.1, 0.15) is 0 Å². The highest BCUT2D eigenvalue weighted by molar-refractivity contribution is 5.78. The number of rotatable bonds is 3. The summed E-state index contributed by atoms with van der Waals surface area (Å²) in [4.78, 5) is 14.5. The topological polar surface area (TPSA) is 34.5 Å². The van der Waals surface area contributed by atoms with Crippen molar-refractivity contribution in [3.63, 3.8) is 0 Å². The van der Waals surface area contributed by atoms with E-state index in [9.17, 15) is 4.79 Å². The van der Waals surface area contributed by atoms with Crippen LogP contribution in [-0.2, 0) is 29.0 Å². The number of methoxy groups -OCH3 is 1. The van der Waals surface area contributed by atoms with Crippen molar-refractivity contribution in [2.45, 2.75) is 25.6 Å². The predicted octanol–water partition coefficient (Wildman–Crippen LogP) is 2.09. The smallest absolute Gasteiger partial charge is 0.227 e. The van der Waals surface area contributed by atoms with Gasteiger partial charge in [-0.3, -0.25) is 4.79 Å². The second kappa shape index (κ2) is 6.14. The molecule has 0 saturated heterocycles. The zero-order chi connectivity index (χ0) is 14.7. The molecule has 0 fully saturated rings. The second-order valence-electron chi connectivity index (χ2n) is 5.45. The normalized spacial score (nSPS) is 18.1. The van der Waals surface area contributed by atoms with Gasteiger partial charge in [0.2, 0.25) is 5.91 Å². The first-order valence-corrected chi connectivity index (χ1v) is 7.25. The maximum Gasteiger partial charge on any atom is 0.227 e. The van der Waals surface area contributed by atoms with Crippen LogP contribution in [-0.4, -0.2) is 35.1 Å². The number of hydrogen-bond donors (Lipinski definition) is 0. The van der Waals surface area contributed by atoms with Gasteiger partial charge in [-0.05, 0) is 17.7 Å². The maximum atomic E-state index is 12.6.